The molecule has 24 heavy (non-hydrogen) atoms. The molecule has 4 N–H and O–H groups in total. The fraction of sp³-hybridized carbons (Fsp3) is 0.133. The number of nitrogens with two attached hydrogens (primary N) is 1. The molecule has 9 heteroatoms. The minimum atomic E-state index is -0.723. The van der Waals surface area contributed by atoms with Crippen LogP contribution in [0.3, 0.4) is 0 Å². The number of imidazole rings is 1. The molecule has 0 aliphatic rings. The molecule has 0 aromatic carbocycles. The van der Waals surface area contributed by atoms with E-state index in [1.54, 1.807) is 25.3 Å². The highest BCUT2D eigenvalue weighted by molar-refractivity contribution is 6.06. The molecule has 0 unspecified atom stereocenters. The number of nitrogens with one attached hydrogen (secondary N) is 2. The molecule has 0 atom stereocenters. The first-order valence-electron chi connectivity index (χ1n) is 7.00. The second-order valence-corrected chi connectivity index (χ2v) is 5.09. The molecular weight excluding hydrogens is 312 g/mol. The van der Waals surface area contributed by atoms with E-state index in [0.717, 1.165) is 5.69 Å². The zero-order chi connectivity index (χ0) is 17.3. The molecular formula is C15H14N6O3. The van der Waals surface area contributed by atoms with E-state index in [9.17, 15) is 9.59 Å². The summed E-state index contributed by atoms with van der Waals surface area (Å²) in [5, 5.41) is 2.49. The first-order valence-corrected chi connectivity index (χ1v) is 7.00. The summed E-state index contributed by atoms with van der Waals surface area (Å²) in [6.07, 6.45) is 2.85. The Hall–Kier alpha value is -3.49. The summed E-state index contributed by atoms with van der Waals surface area (Å²) in [5.74, 6) is -0.496. The molecule has 2 amide bonds. The van der Waals surface area contributed by atoms with Crippen molar-refractivity contribution in [2.75, 3.05) is 5.32 Å². The predicted molar refractivity (Wildman–Crippen MR) is 84.3 cm³/mol. The number of hydrogen-bond acceptors (Lipinski definition) is 6. The smallest absolute Gasteiger partial charge is 0.278 e. The summed E-state index contributed by atoms with van der Waals surface area (Å²) in [6, 6.07) is 3.51. The van der Waals surface area contributed by atoms with Crippen LogP contribution in [0.2, 0.25) is 0 Å². The summed E-state index contributed by atoms with van der Waals surface area (Å²) in [4.78, 5) is 38.5. The van der Waals surface area contributed by atoms with Crippen LogP contribution >= 0.6 is 0 Å². The van der Waals surface area contributed by atoms with Crippen LogP contribution in [0.1, 0.15) is 32.5 Å². The standard InChI is InChI=1S/C15H14N6O3/c1-7-5-9(3-4-17-7)15-20-10(6-24-15)14(23)21-13-11(12(16)22)18-8(2)19-13/h3-6H,1-2H3,(H2,16,22)(H,18,19)(H,21,23). The molecule has 3 rings (SSSR count). The Kier molecular flexibility index (Phi) is 3.82. The third kappa shape index (κ3) is 3.00. The van der Waals surface area contributed by atoms with Gasteiger partial charge in [-0.15, -0.1) is 0 Å². The third-order valence-corrected chi connectivity index (χ3v) is 3.18. The molecule has 3 aromatic rings. The number of hydrogen-bond donors (Lipinski definition) is 3. The lowest BCUT2D eigenvalue weighted by molar-refractivity contribution is 0.0997. The maximum atomic E-state index is 12.3. The number of anilines is 1. The van der Waals surface area contributed by atoms with Gasteiger partial charge in [-0.25, -0.2) is 9.97 Å². The molecule has 0 saturated carbocycles. The lowest BCUT2D eigenvalue weighted by atomic mass is 10.2. The molecule has 0 spiro atoms. The maximum absolute atomic E-state index is 12.3. The molecule has 9 nitrogen and oxygen atoms in total. The van der Waals surface area contributed by atoms with Gasteiger partial charge in [0.2, 0.25) is 5.89 Å². The first-order chi connectivity index (χ1) is 11.4. The SMILES string of the molecule is Cc1cc(-c2nc(C(=O)Nc3nc(C)[nH]c3C(N)=O)co2)ccn1. The molecule has 0 aliphatic heterocycles. The van der Waals surface area contributed by atoms with E-state index in [2.05, 4.69) is 25.3 Å². The largest absolute Gasteiger partial charge is 0.444 e. The van der Waals surface area contributed by atoms with E-state index in [0.29, 0.717) is 17.3 Å². The van der Waals surface area contributed by atoms with Crippen molar-refractivity contribution in [3.8, 4) is 11.5 Å². The van der Waals surface area contributed by atoms with Crippen LogP contribution in [-0.2, 0) is 0 Å². The summed E-state index contributed by atoms with van der Waals surface area (Å²) >= 11 is 0. The number of aromatic amines is 1. The third-order valence-electron chi connectivity index (χ3n) is 3.18. The van der Waals surface area contributed by atoms with Crippen LogP contribution in [0.15, 0.2) is 29.0 Å². The van der Waals surface area contributed by atoms with Gasteiger partial charge in [-0.1, -0.05) is 0 Å². The minimum Gasteiger partial charge on any atom is -0.444 e. The number of oxazole rings is 1. The average molecular weight is 326 g/mol. The number of pyridine rings is 1. The molecule has 122 valence electrons. The van der Waals surface area contributed by atoms with Gasteiger partial charge in [-0.05, 0) is 26.0 Å². The topological polar surface area (TPSA) is 140 Å². The van der Waals surface area contributed by atoms with E-state index in [1.807, 2.05) is 6.92 Å². The van der Waals surface area contributed by atoms with Crippen LogP contribution in [-0.4, -0.2) is 31.8 Å². The Morgan fingerprint density at radius 2 is 2.08 bits per heavy atom. The first kappa shape index (κ1) is 15.4. The number of carbonyl (C=O) groups excluding carboxylic acids is 2. The number of aromatic nitrogens is 4. The zero-order valence-corrected chi connectivity index (χ0v) is 13.0. The van der Waals surface area contributed by atoms with Crippen LogP contribution in [0.25, 0.3) is 11.5 Å². The van der Waals surface area contributed by atoms with Gasteiger partial charge in [0.05, 0.1) is 0 Å². The fourth-order valence-electron chi connectivity index (χ4n) is 2.12. The van der Waals surface area contributed by atoms with Crippen molar-refractivity contribution >= 4 is 17.6 Å². The Balaban J connectivity index is 1.83. The maximum Gasteiger partial charge on any atom is 0.278 e. The molecule has 0 radical (unpaired) electrons. The van der Waals surface area contributed by atoms with Gasteiger partial charge in [0.25, 0.3) is 11.8 Å². The van der Waals surface area contributed by atoms with Crippen molar-refractivity contribution < 1.29 is 14.0 Å². The lowest BCUT2D eigenvalue weighted by Crippen LogP contribution is -2.18. The number of rotatable bonds is 4. The number of amides is 2. The van der Waals surface area contributed by atoms with E-state index in [4.69, 9.17) is 10.2 Å². The van der Waals surface area contributed by atoms with Gasteiger partial charge in [-0.2, -0.15) is 0 Å². The average Bonchev–Trinajstić information content (AvgIpc) is 3.14. The van der Waals surface area contributed by atoms with Crippen LogP contribution < -0.4 is 11.1 Å². The molecule has 0 fully saturated rings. The highest BCUT2D eigenvalue weighted by Crippen LogP contribution is 2.19. The van der Waals surface area contributed by atoms with Crippen molar-refractivity contribution in [2.45, 2.75) is 13.8 Å². The molecule has 3 aromatic heterocycles. The predicted octanol–water partition coefficient (Wildman–Crippen LogP) is 1.43. The van der Waals surface area contributed by atoms with Gasteiger partial charge < -0.3 is 20.5 Å². The molecule has 0 aliphatic carbocycles. The van der Waals surface area contributed by atoms with Gasteiger partial charge in [0.1, 0.15) is 17.8 Å². The van der Waals surface area contributed by atoms with Crippen LogP contribution in [0, 0.1) is 13.8 Å². The van der Waals surface area contributed by atoms with Crippen molar-refractivity contribution in [1.82, 2.24) is 19.9 Å². The van der Waals surface area contributed by atoms with Gasteiger partial charge in [0, 0.05) is 17.5 Å². The zero-order valence-electron chi connectivity index (χ0n) is 13.0. The Morgan fingerprint density at radius 1 is 1.29 bits per heavy atom. The van der Waals surface area contributed by atoms with Crippen molar-refractivity contribution in [1.29, 1.82) is 0 Å². The van der Waals surface area contributed by atoms with Gasteiger partial charge in [0.15, 0.2) is 11.5 Å². The second kappa shape index (κ2) is 5.95. The summed E-state index contributed by atoms with van der Waals surface area (Å²) in [7, 11) is 0. The van der Waals surface area contributed by atoms with E-state index < -0.39 is 11.8 Å². The summed E-state index contributed by atoms with van der Waals surface area (Å²) < 4.78 is 5.33. The quantitative estimate of drug-likeness (QED) is 0.662. The Labute approximate surface area is 136 Å². The van der Waals surface area contributed by atoms with E-state index >= 15 is 0 Å². The molecule has 0 bridgehead atoms. The van der Waals surface area contributed by atoms with Crippen molar-refractivity contribution in [2.24, 2.45) is 5.73 Å². The highest BCUT2D eigenvalue weighted by Gasteiger charge is 2.19. The normalized spacial score (nSPS) is 10.6. The van der Waals surface area contributed by atoms with E-state index in [-0.39, 0.29) is 17.2 Å². The number of H-pyrrole nitrogens is 1. The summed E-state index contributed by atoms with van der Waals surface area (Å²) in [6.45, 7) is 3.48. The number of primary amides is 1. The van der Waals surface area contributed by atoms with Crippen LogP contribution in [0.4, 0.5) is 5.82 Å². The monoisotopic (exact) mass is 326 g/mol. The highest BCUT2D eigenvalue weighted by atomic mass is 16.3. The number of aryl methyl sites for hydroxylation is 2. The Morgan fingerprint density at radius 3 is 2.79 bits per heavy atom. The minimum absolute atomic E-state index is 0.0225. The Bertz CT molecular complexity index is 927. The van der Waals surface area contributed by atoms with Crippen LogP contribution in [0.5, 0.6) is 0 Å². The second-order valence-electron chi connectivity index (χ2n) is 5.09. The molecule has 3 heterocycles. The van der Waals surface area contributed by atoms with E-state index in [1.165, 1.54) is 6.26 Å². The number of carbonyl (C=O) groups is 2. The lowest BCUT2D eigenvalue weighted by Gasteiger charge is -2.00. The van der Waals surface area contributed by atoms with Crippen molar-refractivity contribution in [3.63, 3.8) is 0 Å². The fourth-order valence-corrected chi connectivity index (χ4v) is 2.12. The van der Waals surface area contributed by atoms with Gasteiger partial charge >= 0.3 is 0 Å². The summed E-state index contributed by atoms with van der Waals surface area (Å²) in [5.41, 5.74) is 6.81. The van der Waals surface area contributed by atoms with Crippen molar-refractivity contribution in [3.05, 3.63) is 47.5 Å². The molecule has 0 saturated heterocycles. The number of nitrogens with zero attached hydrogens (tertiary/aromatic N) is 3. The van der Waals surface area contributed by atoms with Gasteiger partial charge in [-0.3, -0.25) is 14.6 Å².